The van der Waals surface area contributed by atoms with E-state index in [-0.39, 0.29) is 0 Å². The zero-order chi connectivity index (χ0) is 14.4. The third kappa shape index (κ3) is 3.93. The first-order valence-corrected chi connectivity index (χ1v) is 7.65. The molecule has 0 amide bonds. The molecule has 2 heterocycles. The largest absolute Gasteiger partial charge is 0.384 e. The summed E-state index contributed by atoms with van der Waals surface area (Å²) in [6.45, 7) is 6.09. The molecule has 1 fully saturated rings. The van der Waals surface area contributed by atoms with Crippen LogP contribution in [0.25, 0.3) is 0 Å². The molecule has 0 bridgehead atoms. The molecule has 4 heteroatoms. The predicted octanol–water partition coefficient (Wildman–Crippen LogP) is 2.23. The molecule has 1 aliphatic rings. The van der Waals surface area contributed by atoms with Crippen molar-refractivity contribution >= 4 is 5.82 Å². The molecule has 1 N–H and O–H groups in total. The first-order valence-electron chi connectivity index (χ1n) is 7.65. The van der Waals surface area contributed by atoms with Gasteiger partial charge in [0.1, 0.15) is 5.82 Å². The standard InChI is InChI=1S/C16H27N3O/c1-4-15-8-14(10-17-2)9-16(18-15)19-7-5-6-13(11-19)12-20-3/h8-9,13,17H,4-7,10-12H2,1-3H3. The van der Waals surface area contributed by atoms with Crippen molar-refractivity contribution in [2.24, 2.45) is 5.92 Å². The second-order valence-corrected chi connectivity index (χ2v) is 5.62. The summed E-state index contributed by atoms with van der Waals surface area (Å²) in [5.74, 6) is 1.77. The number of piperidine rings is 1. The average Bonchev–Trinajstić information content (AvgIpc) is 2.48. The molecule has 0 radical (unpaired) electrons. The van der Waals surface area contributed by atoms with Gasteiger partial charge in [-0.25, -0.2) is 4.98 Å². The van der Waals surface area contributed by atoms with Gasteiger partial charge in [0.2, 0.25) is 0 Å². The van der Waals surface area contributed by atoms with Crippen LogP contribution in [0.3, 0.4) is 0 Å². The monoisotopic (exact) mass is 277 g/mol. The average molecular weight is 277 g/mol. The van der Waals surface area contributed by atoms with Crippen molar-refractivity contribution in [1.82, 2.24) is 10.3 Å². The molecule has 2 rings (SSSR count). The topological polar surface area (TPSA) is 37.4 Å². The minimum Gasteiger partial charge on any atom is -0.384 e. The summed E-state index contributed by atoms with van der Waals surface area (Å²) in [6.07, 6.45) is 3.48. The Labute approximate surface area is 122 Å². The quantitative estimate of drug-likeness (QED) is 0.865. The number of hydrogen-bond donors (Lipinski definition) is 1. The Morgan fingerprint density at radius 3 is 3.00 bits per heavy atom. The molecular formula is C16H27N3O. The molecule has 1 aromatic heterocycles. The summed E-state index contributed by atoms with van der Waals surface area (Å²) < 4.78 is 5.32. The highest BCUT2D eigenvalue weighted by Crippen LogP contribution is 2.23. The van der Waals surface area contributed by atoms with Gasteiger partial charge in [-0.1, -0.05) is 6.92 Å². The first kappa shape index (κ1) is 15.3. The van der Waals surface area contributed by atoms with Gasteiger partial charge in [-0.2, -0.15) is 0 Å². The third-order valence-corrected chi connectivity index (χ3v) is 3.91. The van der Waals surface area contributed by atoms with Crippen molar-refractivity contribution in [3.05, 3.63) is 23.4 Å². The van der Waals surface area contributed by atoms with E-state index in [1.807, 2.05) is 7.05 Å². The van der Waals surface area contributed by atoms with Crippen LogP contribution in [0.5, 0.6) is 0 Å². The van der Waals surface area contributed by atoms with Crippen molar-refractivity contribution in [2.75, 3.05) is 38.8 Å². The van der Waals surface area contributed by atoms with Crippen LogP contribution in [0.15, 0.2) is 12.1 Å². The van der Waals surface area contributed by atoms with Gasteiger partial charge in [-0.15, -0.1) is 0 Å². The molecule has 4 nitrogen and oxygen atoms in total. The SMILES string of the molecule is CCc1cc(CNC)cc(N2CCCC(COC)C2)n1. The number of aryl methyl sites for hydroxylation is 1. The molecule has 1 unspecified atom stereocenters. The van der Waals surface area contributed by atoms with Crippen molar-refractivity contribution in [3.8, 4) is 0 Å². The predicted molar refractivity (Wildman–Crippen MR) is 83.2 cm³/mol. The van der Waals surface area contributed by atoms with E-state index in [1.165, 1.54) is 24.1 Å². The first-order chi connectivity index (χ1) is 9.76. The Bertz CT molecular complexity index is 420. The highest BCUT2D eigenvalue weighted by Gasteiger charge is 2.21. The maximum Gasteiger partial charge on any atom is 0.129 e. The van der Waals surface area contributed by atoms with Crippen LogP contribution in [-0.4, -0.2) is 38.8 Å². The van der Waals surface area contributed by atoms with Gasteiger partial charge in [0.25, 0.3) is 0 Å². The molecule has 1 saturated heterocycles. The molecule has 1 aromatic rings. The van der Waals surface area contributed by atoms with Crippen LogP contribution in [0.2, 0.25) is 0 Å². The minimum absolute atomic E-state index is 0.633. The van der Waals surface area contributed by atoms with Gasteiger partial charge in [-0.3, -0.25) is 0 Å². The Morgan fingerprint density at radius 2 is 2.30 bits per heavy atom. The number of pyridine rings is 1. The van der Waals surface area contributed by atoms with Crippen molar-refractivity contribution in [2.45, 2.75) is 32.7 Å². The van der Waals surface area contributed by atoms with Gasteiger partial charge in [-0.05, 0) is 49.9 Å². The van der Waals surface area contributed by atoms with Crippen LogP contribution in [-0.2, 0) is 17.7 Å². The molecule has 0 aliphatic carbocycles. The number of anilines is 1. The van der Waals surface area contributed by atoms with Gasteiger partial charge in [0.05, 0.1) is 6.61 Å². The highest BCUT2D eigenvalue weighted by atomic mass is 16.5. The maximum absolute atomic E-state index is 5.32. The molecule has 0 aromatic carbocycles. The number of rotatable bonds is 6. The van der Waals surface area contributed by atoms with E-state index in [0.717, 1.165) is 38.5 Å². The lowest BCUT2D eigenvalue weighted by molar-refractivity contribution is 0.143. The van der Waals surface area contributed by atoms with E-state index in [1.54, 1.807) is 7.11 Å². The van der Waals surface area contributed by atoms with Crippen molar-refractivity contribution in [1.29, 1.82) is 0 Å². The molecule has 20 heavy (non-hydrogen) atoms. The highest BCUT2D eigenvalue weighted by molar-refractivity contribution is 5.43. The summed E-state index contributed by atoms with van der Waals surface area (Å²) in [7, 11) is 3.78. The fourth-order valence-corrected chi connectivity index (χ4v) is 2.93. The summed E-state index contributed by atoms with van der Waals surface area (Å²) in [5.41, 5.74) is 2.50. The lowest BCUT2D eigenvalue weighted by Crippen LogP contribution is -2.37. The maximum atomic E-state index is 5.32. The van der Waals surface area contributed by atoms with E-state index in [9.17, 15) is 0 Å². The van der Waals surface area contributed by atoms with Crippen molar-refractivity contribution < 1.29 is 4.74 Å². The van der Waals surface area contributed by atoms with Crippen molar-refractivity contribution in [3.63, 3.8) is 0 Å². The second-order valence-electron chi connectivity index (χ2n) is 5.62. The molecular weight excluding hydrogens is 250 g/mol. The Morgan fingerprint density at radius 1 is 1.45 bits per heavy atom. The number of aromatic nitrogens is 1. The van der Waals surface area contributed by atoms with Crippen LogP contribution >= 0.6 is 0 Å². The molecule has 112 valence electrons. The third-order valence-electron chi connectivity index (χ3n) is 3.91. The van der Waals surface area contributed by atoms with Gasteiger partial charge in [0, 0.05) is 32.4 Å². The second kappa shape index (κ2) is 7.60. The lowest BCUT2D eigenvalue weighted by atomic mass is 9.99. The smallest absolute Gasteiger partial charge is 0.129 e. The Hall–Kier alpha value is -1.13. The number of nitrogens with zero attached hydrogens (tertiary/aromatic N) is 2. The summed E-state index contributed by atoms with van der Waals surface area (Å²) in [4.78, 5) is 7.23. The molecule has 1 atom stereocenters. The van der Waals surface area contributed by atoms with Gasteiger partial charge < -0.3 is 15.0 Å². The van der Waals surface area contributed by atoms with E-state index in [4.69, 9.17) is 9.72 Å². The lowest BCUT2D eigenvalue weighted by Gasteiger charge is -2.33. The normalized spacial score (nSPS) is 19.4. The number of nitrogens with one attached hydrogen (secondary N) is 1. The molecule has 0 spiro atoms. The summed E-state index contributed by atoms with van der Waals surface area (Å²) >= 11 is 0. The van der Waals surface area contributed by atoms with E-state index < -0.39 is 0 Å². The molecule has 1 aliphatic heterocycles. The van der Waals surface area contributed by atoms with Crippen LogP contribution in [0.1, 0.15) is 31.0 Å². The number of methoxy groups -OCH3 is 1. The minimum atomic E-state index is 0.633. The number of hydrogen-bond acceptors (Lipinski definition) is 4. The number of ether oxygens (including phenoxy) is 1. The zero-order valence-corrected chi connectivity index (χ0v) is 13.0. The Kier molecular flexibility index (Phi) is 5.80. The molecule has 0 saturated carbocycles. The van der Waals surface area contributed by atoms with E-state index in [0.29, 0.717) is 5.92 Å². The van der Waals surface area contributed by atoms with E-state index >= 15 is 0 Å². The Balaban J connectivity index is 2.15. The fourth-order valence-electron chi connectivity index (χ4n) is 2.93. The summed E-state index contributed by atoms with van der Waals surface area (Å²) in [6, 6.07) is 4.43. The van der Waals surface area contributed by atoms with Crippen LogP contribution in [0, 0.1) is 5.92 Å². The van der Waals surface area contributed by atoms with E-state index in [2.05, 4.69) is 29.3 Å². The fraction of sp³-hybridized carbons (Fsp3) is 0.688. The van der Waals surface area contributed by atoms with Crippen LogP contribution in [0.4, 0.5) is 5.82 Å². The summed E-state index contributed by atoms with van der Waals surface area (Å²) in [5, 5.41) is 3.23. The van der Waals surface area contributed by atoms with Crippen LogP contribution < -0.4 is 10.2 Å². The zero-order valence-electron chi connectivity index (χ0n) is 13.0. The van der Waals surface area contributed by atoms with Gasteiger partial charge >= 0.3 is 0 Å². The van der Waals surface area contributed by atoms with Gasteiger partial charge in [0.15, 0.2) is 0 Å².